The molecule has 0 fully saturated rings. The first-order valence-corrected chi connectivity index (χ1v) is 5.44. The van der Waals surface area contributed by atoms with Crippen LogP contribution in [-0.2, 0) is 10.0 Å². The summed E-state index contributed by atoms with van der Waals surface area (Å²) in [5.41, 5.74) is 0. The van der Waals surface area contributed by atoms with Crippen LogP contribution in [0.3, 0.4) is 0 Å². The summed E-state index contributed by atoms with van der Waals surface area (Å²) < 4.78 is 21.6. The first kappa shape index (κ1) is 10.9. The number of nitrogens with two attached hydrogens (primary N) is 1. The third-order valence-electron chi connectivity index (χ3n) is 1.67. The molecule has 0 bridgehead atoms. The van der Waals surface area contributed by atoms with Crippen LogP contribution in [0.2, 0.25) is 0 Å². The Labute approximate surface area is 69.0 Å². The molecular formula is C7H16NO2S. The number of unbranched alkanes of at least 4 members (excludes halogenated alkanes) is 1. The molecule has 2 N–H and O–H groups in total. The van der Waals surface area contributed by atoms with Gasteiger partial charge >= 0.3 is 0 Å². The van der Waals surface area contributed by atoms with Gasteiger partial charge in [-0.05, 0) is 12.8 Å². The smallest absolute Gasteiger partial charge is 0.211 e. The van der Waals surface area contributed by atoms with E-state index in [0.717, 1.165) is 12.8 Å². The van der Waals surface area contributed by atoms with Gasteiger partial charge in [0.25, 0.3) is 0 Å². The Hall–Kier alpha value is -0.0900. The molecule has 1 unspecified atom stereocenters. The summed E-state index contributed by atoms with van der Waals surface area (Å²) in [5, 5.41) is 4.52. The van der Waals surface area contributed by atoms with Crippen molar-refractivity contribution in [1.29, 1.82) is 0 Å². The summed E-state index contributed by atoms with van der Waals surface area (Å²) in [5.74, 6) is 0. The summed E-state index contributed by atoms with van der Waals surface area (Å²) in [4.78, 5) is 0. The third kappa shape index (κ3) is 4.37. The van der Waals surface area contributed by atoms with E-state index in [9.17, 15) is 8.42 Å². The zero-order valence-corrected chi connectivity index (χ0v) is 7.73. The number of hydrogen-bond donors (Lipinski definition) is 1. The van der Waals surface area contributed by atoms with E-state index in [0.29, 0.717) is 12.8 Å². The van der Waals surface area contributed by atoms with E-state index < -0.39 is 15.3 Å². The van der Waals surface area contributed by atoms with Gasteiger partial charge in [-0.25, -0.2) is 13.6 Å². The van der Waals surface area contributed by atoms with Crippen molar-refractivity contribution < 1.29 is 8.42 Å². The fraction of sp³-hybridized carbons (Fsp3) is 0.857. The lowest BCUT2D eigenvalue weighted by molar-refractivity contribution is 0.564. The van der Waals surface area contributed by atoms with Crippen LogP contribution in [0, 0.1) is 6.92 Å². The van der Waals surface area contributed by atoms with E-state index in [1.807, 2.05) is 6.92 Å². The van der Waals surface area contributed by atoms with Gasteiger partial charge < -0.3 is 0 Å². The summed E-state index contributed by atoms with van der Waals surface area (Å²) in [6.45, 7) is 5.56. The molecule has 0 rings (SSSR count). The van der Waals surface area contributed by atoms with Crippen molar-refractivity contribution in [3.8, 4) is 0 Å². The topological polar surface area (TPSA) is 60.2 Å². The van der Waals surface area contributed by atoms with Crippen molar-refractivity contribution >= 4 is 10.0 Å². The predicted octanol–water partition coefficient (Wildman–Crippen LogP) is 1.06. The van der Waals surface area contributed by atoms with Crippen LogP contribution in [0.5, 0.6) is 0 Å². The van der Waals surface area contributed by atoms with Gasteiger partial charge in [-0.15, -0.1) is 0 Å². The Morgan fingerprint density at radius 2 is 2.09 bits per heavy atom. The lowest BCUT2D eigenvalue weighted by Crippen LogP contribution is -2.27. The second-order valence-electron chi connectivity index (χ2n) is 2.64. The molecule has 0 aliphatic rings. The van der Waals surface area contributed by atoms with Crippen molar-refractivity contribution in [2.45, 2.75) is 37.9 Å². The molecule has 0 aromatic carbocycles. The number of hydrogen-bond acceptors (Lipinski definition) is 2. The molecule has 0 amide bonds. The third-order valence-corrected chi connectivity index (χ3v) is 3.07. The molecule has 1 atom stereocenters. The maximum absolute atomic E-state index is 10.8. The summed E-state index contributed by atoms with van der Waals surface area (Å²) in [6, 6.07) is 0. The Morgan fingerprint density at radius 3 is 2.36 bits per heavy atom. The molecule has 0 aliphatic heterocycles. The summed E-state index contributed by atoms with van der Waals surface area (Å²) in [7, 11) is -3.35. The number of rotatable bonds is 5. The maximum Gasteiger partial charge on any atom is 0.211 e. The largest absolute Gasteiger partial charge is 0.228 e. The first-order valence-electron chi connectivity index (χ1n) is 3.83. The molecule has 0 saturated carbocycles. The minimum Gasteiger partial charge on any atom is -0.228 e. The molecule has 3 nitrogen and oxygen atoms in total. The summed E-state index contributed by atoms with van der Waals surface area (Å²) in [6.07, 6.45) is 2.90. The quantitative estimate of drug-likeness (QED) is 0.684. The normalized spacial score (nSPS) is 14.8. The van der Waals surface area contributed by atoms with E-state index in [1.54, 1.807) is 0 Å². The Kier molecular flexibility index (Phi) is 4.68. The monoisotopic (exact) mass is 178 g/mol. The van der Waals surface area contributed by atoms with Crippen LogP contribution in [-0.4, -0.2) is 13.7 Å². The molecule has 4 heteroatoms. The van der Waals surface area contributed by atoms with Crippen LogP contribution in [0.1, 0.15) is 32.6 Å². The maximum atomic E-state index is 10.8. The molecule has 1 radical (unpaired) electrons. The predicted molar refractivity (Wildman–Crippen MR) is 46.4 cm³/mol. The number of sulfonamides is 1. The standard InChI is InChI=1S/C7H16NO2S/c1-3-5-6-7(4-2)11(8,9)10/h7H,2-6H2,1H3,(H2,8,9,10). The Bertz CT molecular complexity index is 187. The van der Waals surface area contributed by atoms with Gasteiger partial charge in [0.2, 0.25) is 10.0 Å². The molecule has 0 saturated heterocycles. The van der Waals surface area contributed by atoms with Crippen molar-refractivity contribution in [2.24, 2.45) is 5.14 Å². The molecule has 0 heterocycles. The molecular weight excluding hydrogens is 162 g/mol. The van der Waals surface area contributed by atoms with Crippen LogP contribution in [0.25, 0.3) is 0 Å². The van der Waals surface area contributed by atoms with Gasteiger partial charge in [0.05, 0.1) is 5.25 Å². The van der Waals surface area contributed by atoms with E-state index in [4.69, 9.17) is 5.14 Å². The highest BCUT2D eigenvalue weighted by atomic mass is 32.2. The van der Waals surface area contributed by atoms with Gasteiger partial charge in [0.1, 0.15) is 0 Å². The fourth-order valence-corrected chi connectivity index (χ4v) is 1.73. The van der Waals surface area contributed by atoms with Crippen molar-refractivity contribution in [1.82, 2.24) is 0 Å². The highest BCUT2D eigenvalue weighted by Crippen LogP contribution is 2.10. The number of primary sulfonamides is 1. The lowest BCUT2D eigenvalue weighted by Gasteiger charge is -2.10. The highest BCUT2D eigenvalue weighted by molar-refractivity contribution is 7.89. The van der Waals surface area contributed by atoms with Gasteiger partial charge in [-0.3, -0.25) is 0 Å². The molecule has 0 aliphatic carbocycles. The van der Waals surface area contributed by atoms with Gasteiger partial charge in [-0.2, -0.15) is 0 Å². The molecule has 11 heavy (non-hydrogen) atoms. The fourth-order valence-electron chi connectivity index (χ4n) is 0.905. The first-order chi connectivity index (χ1) is 5.02. The Morgan fingerprint density at radius 1 is 1.55 bits per heavy atom. The summed E-state index contributed by atoms with van der Waals surface area (Å²) >= 11 is 0. The minimum absolute atomic E-state index is 0.374. The molecule has 67 valence electrons. The second kappa shape index (κ2) is 4.72. The van der Waals surface area contributed by atoms with Gasteiger partial charge in [-0.1, -0.05) is 26.7 Å². The average Bonchev–Trinajstić information content (AvgIpc) is 1.87. The van der Waals surface area contributed by atoms with Gasteiger partial charge in [0.15, 0.2) is 0 Å². The molecule has 0 aromatic rings. The van der Waals surface area contributed by atoms with E-state index in [1.165, 1.54) is 0 Å². The molecule has 0 spiro atoms. The van der Waals surface area contributed by atoms with Crippen LogP contribution in [0.15, 0.2) is 0 Å². The molecule has 0 aromatic heterocycles. The van der Waals surface area contributed by atoms with E-state index in [2.05, 4.69) is 6.92 Å². The average molecular weight is 178 g/mol. The minimum atomic E-state index is -3.35. The van der Waals surface area contributed by atoms with Crippen LogP contribution in [0.4, 0.5) is 0 Å². The lowest BCUT2D eigenvalue weighted by atomic mass is 10.2. The van der Waals surface area contributed by atoms with Crippen molar-refractivity contribution in [2.75, 3.05) is 0 Å². The SMILES string of the molecule is [CH2]CC(CCCC)S(N)(=O)=O. The van der Waals surface area contributed by atoms with Crippen LogP contribution >= 0.6 is 0 Å². The second-order valence-corrected chi connectivity index (χ2v) is 4.49. The van der Waals surface area contributed by atoms with E-state index >= 15 is 0 Å². The zero-order valence-electron chi connectivity index (χ0n) is 6.91. The highest BCUT2D eigenvalue weighted by Gasteiger charge is 2.17. The van der Waals surface area contributed by atoms with Crippen molar-refractivity contribution in [3.05, 3.63) is 6.92 Å². The van der Waals surface area contributed by atoms with Crippen molar-refractivity contribution in [3.63, 3.8) is 0 Å². The van der Waals surface area contributed by atoms with Gasteiger partial charge in [0, 0.05) is 0 Å². The zero-order chi connectivity index (χ0) is 8.91. The van der Waals surface area contributed by atoms with Crippen LogP contribution < -0.4 is 5.14 Å². The Balaban J connectivity index is 3.97. The van der Waals surface area contributed by atoms with E-state index in [-0.39, 0.29) is 0 Å².